The van der Waals surface area contributed by atoms with Gasteiger partial charge in [0.15, 0.2) is 24.8 Å². The number of aryl methyl sites for hydroxylation is 2. The van der Waals surface area contributed by atoms with Gasteiger partial charge in [-0.1, -0.05) is 36.4 Å². The summed E-state index contributed by atoms with van der Waals surface area (Å²) >= 11 is 0. The second-order valence-electron chi connectivity index (χ2n) is 7.85. The molecule has 2 aromatic carbocycles. The molecule has 0 N–H and O–H groups in total. The highest BCUT2D eigenvalue weighted by Crippen LogP contribution is 2.31. The fraction of sp³-hybridized carbons (Fsp3) is 0.120. The Hall–Kier alpha value is -3.66. The third kappa shape index (κ3) is 2.32. The minimum absolute atomic E-state index is 0.766. The van der Waals surface area contributed by atoms with Crippen molar-refractivity contribution >= 4 is 43.6 Å². The molecule has 6 rings (SSSR count). The Morgan fingerprint density at radius 3 is 1.45 bits per heavy atom. The van der Waals surface area contributed by atoms with E-state index >= 15 is 0 Å². The zero-order valence-corrected chi connectivity index (χ0v) is 16.6. The van der Waals surface area contributed by atoms with Crippen LogP contribution in [0.4, 0.5) is 0 Å². The lowest BCUT2D eigenvalue weighted by molar-refractivity contribution is -0.670. The molecule has 0 radical (unpaired) electrons. The summed E-state index contributed by atoms with van der Waals surface area (Å²) in [5, 5.41) is 5.19. The molecule has 0 atom stereocenters. The number of pyridine rings is 2. The number of rotatable bonds is 2. The SMILES string of the molecule is C[n+]1ccc2c3ccccc3n(Cn3c4ccccc4c4cc[n+](C)cc43)c2c1. The largest absolute Gasteiger partial charge is 0.317 e. The van der Waals surface area contributed by atoms with E-state index in [-0.39, 0.29) is 0 Å². The summed E-state index contributed by atoms with van der Waals surface area (Å²) in [6, 6.07) is 21.8. The molecule has 0 spiro atoms. The van der Waals surface area contributed by atoms with Crippen LogP contribution in [0, 0.1) is 0 Å². The van der Waals surface area contributed by atoms with Gasteiger partial charge in [-0.3, -0.25) is 0 Å². The van der Waals surface area contributed by atoms with E-state index in [2.05, 4.69) is 118 Å². The first-order chi connectivity index (χ1) is 14.2. The van der Waals surface area contributed by atoms with Crippen molar-refractivity contribution in [2.45, 2.75) is 6.67 Å². The van der Waals surface area contributed by atoms with Gasteiger partial charge in [0.05, 0.1) is 11.0 Å². The molecule has 140 valence electrons. The van der Waals surface area contributed by atoms with E-state index < -0.39 is 0 Å². The van der Waals surface area contributed by atoms with E-state index in [9.17, 15) is 0 Å². The van der Waals surface area contributed by atoms with E-state index in [1.807, 2.05) is 0 Å². The summed E-state index contributed by atoms with van der Waals surface area (Å²) in [6.45, 7) is 0.766. The number of hydrogen-bond acceptors (Lipinski definition) is 0. The molecule has 0 fully saturated rings. The van der Waals surface area contributed by atoms with Crippen molar-refractivity contribution in [1.29, 1.82) is 0 Å². The number of aromatic nitrogens is 4. The van der Waals surface area contributed by atoms with Crippen LogP contribution in [0.1, 0.15) is 0 Å². The Kier molecular flexibility index (Phi) is 3.33. The molecular weight excluding hydrogens is 356 g/mol. The fourth-order valence-electron chi connectivity index (χ4n) is 4.63. The first-order valence-electron chi connectivity index (χ1n) is 9.93. The second kappa shape index (κ2) is 5.92. The Morgan fingerprint density at radius 1 is 0.552 bits per heavy atom. The zero-order chi connectivity index (χ0) is 19.5. The van der Waals surface area contributed by atoms with Crippen LogP contribution in [-0.2, 0) is 20.8 Å². The van der Waals surface area contributed by atoms with Gasteiger partial charge in [-0.05, 0) is 12.1 Å². The lowest BCUT2D eigenvalue weighted by Gasteiger charge is -2.11. The quantitative estimate of drug-likeness (QED) is 0.405. The van der Waals surface area contributed by atoms with Crippen molar-refractivity contribution in [2.24, 2.45) is 14.1 Å². The van der Waals surface area contributed by atoms with Gasteiger partial charge >= 0.3 is 0 Å². The van der Waals surface area contributed by atoms with Crippen molar-refractivity contribution in [1.82, 2.24) is 9.13 Å². The molecule has 0 aliphatic rings. The van der Waals surface area contributed by atoms with Crippen LogP contribution >= 0.6 is 0 Å². The molecule has 0 saturated heterocycles. The summed E-state index contributed by atoms with van der Waals surface area (Å²) in [7, 11) is 4.17. The van der Waals surface area contributed by atoms with Crippen LogP contribution in [0.3, 0.4) is 0 Å². The third-order valence-corrected chi connectivity index (χ3v) is 5.99. The van der Waals surface area contributed by atoms with Crippen molar-refractivity contribution < 1.29 is 9.13 Å². The van der Waals surface area contributed by atoms with Gasteiger partial charge in [0.1, 0.15) is 31.8 Å². The number of nitrogens with zero attached hydrogens (tertiary/aromatic N) is 4. The number of fused-ring (bicyclic) bond motifs is 6. The van der Waals surface area contributed by atoms with Gasteiger partial charge in [-0.2, -0.15) is 0 Å². The molecule has 0 unspecified atom stereocenters. The van der Waals surface area contributed by atoms with Gasteiger partial charge < -0.3 is 9.13 Å². The first kappa shape index (κ1) is 16.3. The van der Waals surface area contributed by atoms with Gasteiger partial charge in [0.2, 0.25) is 0 Å². The highest BCUT2D eigenvalue weighted by atomic mass is 15.2. The summed E-state index contributed by atoms with van der Waals surface area (Å²) in [4.78, 5) is 0. The fourth-order valence-corrected chi connectivity index (χ4v) is 4.63. The molecule has 4 nitrogen and oxygen atoms in total. The number of para-hydroxylation sites is 2. The monoisotopic (exact) mass is 378 g/mol. The maximum Gasteiger partial charge on any atom is 0.193 e. The summed E-state index contributed by atoms with van der Waals surface area (Å²) in [5.41, 5.74) is 5.03. The number of benzene rings is 2. The lowest BCUT2D eigenvalue weighted by Crippen LogP contribution is -2.27. The van der Waals surface area contributed by atoms with Crippen molar-refractivity contribution in [2.75, 3.05) is 0 Å². The van der Waals surface area contributed by atoms with E-state index in [1.165, 1.54) is 43.6 Å². The maximum atomic E-state index is 2.43. The average Bonchev–Trinajstić information content (AvgIpc) is 3.21. The molecule has 29 heavy (non-hydrogen) atoms. The van der Waals surface area contributed by atoms with Crippen LogP contribution in [0.2, 0.25) is 0 Å². The third-order valence-electron chi connectivity index (χ3n) is 5.99. The lowest BCUT2D eigenvalue weighted by atomic mass is 10.2. The topological polar surface area (TPSA) is 17.6 Å². The Bertz CT molecular complexity index is 1430. The molecule has 6 aromatic rings. The molecule has 0 aliphatic heterocycles. The smallest absolute Gasteiger partial charge is 0.193 e. The molecule has 0 amide bonds. The van der Waals surface area contributed by atoms with Crippen molar-refractivity contribution in [3.8, 4) is 0 Å². The van der Waals surface area contributed by atoms with Crippen LogP contribution in [-0.4, -0.2) is 9.13 Å². The van der Waals surface area contributed by atoms with Gasteiger partial charge in [-0.25, -0.2) is 9.13 Å². The minimum atomic E-state index is 0.766. The van der Waals surface area contributed by atoms with Crippen LogP contribution < -0.4 is 9.13 Å². The van der Waals surface area contributed by atoms with Crippen molar-refractivity contribution in [3.05, 3.63) is 85.5 Å². The molecule has 4 heterocycles. The standard InChI is InChI=1S/C25H22N4/c1-26-13-11-20-18-7-3-5-9-22(18)28(24(20)15-26)17-29-23-10-6-4-8-19(23)21-12-14-27(2)16-25(21)29/h3-16H,17H2,1-2H3/q+2. The van der Waals surface area contributed by atoms with Gasteiger partial charge in [-0.15, -0.1) is 0 Å². The summed E-state index contributed by atoms with van der Waals surface area (Å²) in [5.74, 6) is 0. The molecular formula is C25H22N4+2. The molecule has 0 bridgehead atoms. The van der Waals surface area contributed by atoms with Gasteiger partial charge in [0, 0.05) is 33.7 Å². The Balaban J connectivity index is 1.71. The molecule has 0 saturated carbocycles. The predicted molar refractivity (Wildman–Crippen MR) is 117 cm³/mol. The van der Waals surface area contributed by atoms with Crippen molar-refractivity contribution in [3.63, 3.8) is 0 Å². The first-order valence-corrected chi connectivity index (χ1v) is 9.93. The second-order valence-corrected chi connectivity index (χ2v) is 7.85. The predicted octanol–water partition coefficient (Wildman–Crippen LogP) is 4.06. The highest BCUT2D eigenvalue weighted by molar-refractivity contribution is 6.09. The number of hydrogen-bond donors (Lipinski definition) is 0. The van der Waals surface area contributed by atoms with E-state index in [0.717, 1.165) is 6.67 Å². The van der Waals surface area contributed by atoms with E-state index in [1.54, 1.807) is 0 Å². The summed E-state index contributed by atoms with van der Waals surface area (Å²) < 4.78 is 9.13. The zero-order valence-electron chi connectivity index (χ0n) is 16.6. The Labute approximate surface area is 168 Å². The minimum Gasteiger partial charge on any atom is -0.317 e. The highest BCUT2D eigenvalue weighted by Gasteiger charge is 2.17. The van der Waals surface area contributed by atoms with Crippen LogP contribution in [0.5, 0.6) is 0 Å². The molecule has 0 aliphatic carbocycles. The van der Waals surface area contributed by atoms with Crippen LogP contribution in [0.15, 0.2) is 85.5 Å². The average molecular weight is 378 g/mol. The van der Waals surface area contributed by atoms with E-state index in [0.29, 0.717) is 0 Å². The molecule has 4 aromatic heterocycles. The maximum absolute atomic E-state index is 2.43. The molecule has 4 heteroatoms. The summed E-state index contributed by atoms with van der Waals surface area (Å²) in [6.07, 6.45) is 8.70. The van der Waals surface area contributed by atoms with Gasteiger partial charge in [0.25, 0.3) is 0 Å². The van der Waals surface area contributed by atoms with Crippen LogP contribution in [0.25, 0.3) is 43.6 Å². The normalized spacial score (nSPS) is 11.9. The van der Waals surface area contributed by atoms with E-state index in [4.69, 9.17) is 0 Å². The Morgan fingerprint density at radius 2 is 0.966 bits per heavy atom.